The maximum atomic E-state index is 13.1. The molecular formula is C14H21F3N2O3. The average molecular weight is 322 g/mol. The lowest BCUT2D eigenvalue weighted by atomic mass is 9.97. The summed E-state index contributed by atoms with van der Waals surface area (Å²) in [6.07, 6.45) is -2.37. The molecule has 0 aromatic rings. The summed E-state index contributed by atoms with van der Waals surface area (Å²) in [5.41, 5.74) is 0. The Morgan fingerprint density at radius 3 is 2.45 bits per heavy atom. The van der Waals surface area contributed by atoms with Crippen LogP contribution in [0, 0.1) is 5.92 Å². The molecule has 5 nitrogen and oxygen atoms in total. The summed E-state index contributed by atoms with van der Waals surface area (Å²) in [6, 6.07) is -2.24. The highest BCUT2D eigenvalue weighted by Crippen LogP contribution is 2.32. The third-order valence-corrected chi connectivity index (χ3v) is 3.96. The van der Waals surface area contributed by atoms with Gasteiger partial charge in [0.2, 0.25) is 11.8 Å². The first-order valence-corrected chi connectivity index (χ1v) is 7.48. The lowest BCUT2D eigenvalue weighted by Crippen LogP contribution is -2.58. The van der Waals surface area contributed by atoms with E-state index in [-0.39, 0.29) is 31.9 Å². The summed E-state index contributed by atoms with van der Waals surface area (Å²) in [5, 5.41) is 2.58. The summed E-state index contributed by atoms with van der Waals surface area (Å²) < 4.78 is 44.4. The number of nitrogens with one attached hydrogen (secondary N) is 1. The minimum absolute atomic E-state index is 0.130. The van der Waals surface area contributed by atoms with Crippen LogP contribution in [-0.2, 0) is 14.3 Å². The van der Waals surface area contributed by atoms with Crippen LogP contribution in [-0.4, -0.2) is 54.7 Å². The highest BCUT2D eigenvalue weighted by molar-refractivity contribution is 5.78. The summed E-state index contributed by atoms with van der Waals surface area (Å²) >= 11 is 0. The van der Waals surface area contributed by atoms with Crippen molar-refractivity contribution in [2.24, 2.45) is 5.92 Å². The van der Waals surface area contributed by atoms with E-state index >= 15 is 0 Å². The van der Waals surface area contributed by atoms with Gasteiger partial charge in [0.15, 0.2) is 0 Å². The average Bonchev–Trinajstić information content (AvgIpc) is 3.20. The third-order valence-electron chi connectivity index (χ3n) is 3.96. The lowest BCUT2D eigenvalue weighted by Gasteiger charge is -2.40. The molecule has 0 radical (unpaired) electrons. The number of carbonyl (C=O) groups is 2. The van der Waals surface area contributed by atoms with Crippen molar-refractivity contribution in [2.75, 3.05) is 19.8 Å². The smallest absolute Gasteiger partial charge is 0.371 e. The highest BCUT2D eigenvalue weighted by atomic mass is 19.4. The molecular weight excluding hydrogens is 301 g/mol. The van der Waals surface area contributed by atoms with Gasteiger partial charge in [-0.3, -0.25) is 9.59 Å². The second-order valence-corrected chi connectivity index (χ2v) is 6.04. The van der Waals surface area contributed by atoms with Crippen LogP contribution in [0.4, 0.5) is 13.2 Å². The van der Waals surface area contributed by atoms with Gasteiger partial charge in [-0.15, -0.1) is 0 Å². The summed E-state index contributed by atoms with van der Waals surface area (Å²) in [5.74, 6) is -0.537. The van der Waals surface area contributed by atoms with E-state index in [2.05, 4.69) is 5.32 Å². The quantitative estimate of drug-likeness (QED) is 0.834. The van der Waals surface area contributed by atoms with Gasteiger partial charge >= 0.3 is 6.18 Å². The molecule has 1 aliphatic carbocycles. The van der Waals surface area contributed by atoms with Crippen LogP contribution in [0.5, 0.6) is 0 Å². The number of nitrogens with zero attached hydrogens (tertiary/aromatic N) is 1. The monoisotopic (exact) mass is 322 g/mol. The molecule has 0 aromatic carbocycles. The molecule has 1 N–H and O–H groups in total. The molecule has 1 saturated carbocycles. The van der Waals surface area contributed by atoms with Crippen LogP contribution < -0.4 is 5.32 Å². The topological polar surface area (TPSA) is 58.6 Å². The van der Waals surface area contributed by atoms with Crippen LogP contribution in [0.2, 0.25) is 0 Å². The Hall–Kier alpha value is -1.31. The van der Waals surface area contributed by atoms with Crippen molar-refractivity contribution in [3.63, 3.8) is 0 Å². The van der Waals surface area contributed by atoms with E-state index in [1.54, 1.807) is 0 Å². The van der Waals surface area contributed by atoms with Gasteiger partial charge in [0.25, 0.3) is 0 Å². The maximum absolute atomic E-state index is 13.1. The Morgan fingerprint density at radius 1 is 1.23 bits per heavy atom. The largest absolute Gasteiger partial charge is 0.408 e. The molecule has 0 bridgehead atoms. The molecule has 126 valence electrons. The first-order chi connectivity index (χ1) is 10.3. The van der Waals surface area contributed by atoms with E-state index in [0.717, 1.165) is 17.7 Å². The standard InChI is InChI=1S/C14H21F3N2O3/c1-9(20)18-11-4-5-12(14(15,16)17)19(6-11)13(21)8-22-7-10-2-3-10/h10-12H,2-8H2,1H3,(H,18,20). The van der Waals surface area contributed by atoms with Gasteiger partial charge in [0.05, 0.1) is 6.61 Å². The van der Waals surface area contributed by atoms with Crippen molar-refractivity contribution < 1.29 is 27.5 Å². The van der Waals surface area contributed by atoms with Crippen LogP contribution in [0.25, 0.3) is 0 Å². The number of likely N-dealkylation sites (tertiary alicyclic amines) is 1. The van der Waals surface area contributed by atoms with Gasteiger partial charge in [-0.05, 0) is 31.6 Å². The number of rotatable bonds is 5. The summed E-state index contributed by atoms with van der Waals surface area (Å²) in [4.78, 5) is 23.9. The Balaban J connectivity index is 1.95. The van der Waals surface area contributed by atoms with Crippen molar-refractivity contribution in [3.8, 4) is 0 Å². The molecule has 8 heteroatoms. The Labute approximate surface area is 127 Å². The van der Waals surface area contributed by atoms with Crippen molar-refractivity contribution in [3.05, 3.63) is 0 Å². The first kappa shape index (κ1) is 17.1. The van der Waals surface area contributed by atoms with Gasteiger partial charge in [0.1, 0.15) is 12.6 Å². The van der Waals surface area contributed by atoms with Crippen LogP contribution in [0.15, 0.2) is 0 Å². The minimum atomic E-state index is -4.46. The lowest BCUT2D eigenvalue weighted by molar-refractivity contribution is -0.199. The predicted molar refractivity (Wildman–Crippen MR) is 71.9 cm³/mol. The molecule has 2 fully saturated rings. The Bertz CT molecular complexity index is 424. The summed E-state index contributed by atoms with van der Waals surface area (Å²) in [6.45, 7) is 1.26. The molecule has 22 heavy (non-hydrogen) atoms. The zero-order valence-electron chi connectivity index (χ0n) is 12.5. The molecule has 1 heterocycles. The fraction of sp³-hybridized carbons (Fsp3) is 0.857. The molecule has 2 amide bonds. The number of hydrogen-bond donors (Lipinski definition) is 1. The van der Waals surface area contributed by atoms with Crippen LogP contribution >= 0.6 is 0 Å². The number of halogens is 3. The van der Waals surface area contributed by atoms with Gasteiger partial charge in [-0.2, -0.15) is 13.2 Å². The van der Waals surface area contributed by atoms with Crippen LogP contribution in [0.1, 0.15) is 32.6 Å². The van der Waals surface area contributed by atoms with E-state index in [1.807, 2.05) is 0 Å². The zero-order chi connectivity index (χ0) is 16.3. The number of hydrogen-bond acceptors (Lipinski definition) is 3. The molecule has 1 aliphatic heterocycles. The molecule has 2 atom stereocenters. The van der Waals surface area contributed by atoms with E-state index in [4.69, 9.17) is 4.74 Å². The first-order valence-electron chi connectivity index (χ1n) is 7.48. The molecule has 2 unspecified atom stereocenters. The van der Waals surface area contributed by atoms with Crippen molar-refractivity contribution >= 4 is 11.8 Å². The maximum Gasteiger partial charge on any atom is 0.408 e. The predicted octanol–water partition coefficient (Wildman–Crippen LogP) is 1.47. The highest BCUT2D eigenvalue weighted by Gasteiger charge is 2.48. The Morgan fingerprint density at radius 2 is 1.91 bits per heavy atom. The summed E-state index contributed by atoms with van der Waals surface area (Å²) in [7, 11) is 0. The molecule has 2 rings (SSSR count). The molecule has 1 saturated heterocycles. The molecule has 0 spiro atoms. The minimum Gasteiger partial charge on any atom is -0.371 e. The van der Waals surface area contributed by atoms with Crippen molar-refractivity contribution in [2.45, 2.75) is 50.9 Å². The zero-order valence-corrected chi connectivity index (χ0v) is 12.5. The van der Waals surface area contributed by atoms with E-state index in [9.17, 15) is 22.8 Å². The number of carbonyl (C=O) groups excluding carboxylic acids is 2. The fourth-order valence-electron chi connectivity index (χ4n) is 2.67. The number of piperidine rings is 1. The SMILES string of the molecule is CC(=O)NC1CCC(C(F)(F)F)N(C(=O)COCC2CC2)C1. The Kier molecular flexibility index (Phi) is 5.31. The second-order valence-electron chi connectivity index (χ2n) is 6.04. The molecule has 2 aliphatic rings. The van der Waals surface area contributed by atoms with Gasteiger partial charge in [-0.25, -0.2) is 0 Å². The normalized spacial score (nSPS) is 25.9. The van der Waals surface area contributed by atoms with Crippen molar-refractivity contribution in [1.82, 2.24) is 10.2 Å². The number of amides is 2. The van der Waals surface area contributed by atoms with Crippen LogP contribution in [0.3, 0.4) is 0 Å². The van der Waals surface area contributed by atoms with Gasteiger partial charge in [-0.1, -0.05) is 0 Å². The molecule has 0 aromatic heterocycles. The second kappa shape index (κ2) is 6.85. The van der Waals surface area contributed by atoms with Gasteiger partial charge in [0, 0.05) is 19.5 Å². The van der Waals surface area contributed by atoms with Crippen molar-refractivity contribution in [1.29, 1.82) is 0 Å². The number of ether oxygens (including phenoxy) is 1. The van der Waals surface area contributed by atoms with E-state index in [1.165, 1.54) is 6.92 Å². The third kappa shape index (κ3) is 4.86. The van der Waals surface area contributed by atoms with E-state index in [0.29, 0.717) is 12.5 Å². The van der Waals surface area contributed by atoms with E-state index < -0.39 is 24.2 Å². The van der Waals surface area contributed by atoms with Gasteiger partial charge < -0.3 is 15.0 Å². The fourth-order valence-corrected chi connectivity index (χ4v) is 2.67. The number of alkyl halides is 3.